The Labute approximate surface area is 157 Å². The number of nitrogens with one attached hydrogen (secondary N) is 1. The van der Waals surface area contributed by atoms with Crippen molar-refractivity contribution in [3.05, 3.63) is 24.2 Å². The van der Waals surface area contributed by atoms with E-state index >= 15 is 0 Å². The van der Waals surface area contributed by atoms with Crippen molar-refractivity contribution >= 4 is 11.9 Å². The maximum atomic E-state index is 11.9. The van der Waals surface area contributed by atoms with E-state index < -0.39 is 0 Å². The number of hydrogen-bond acceptors (Lipinski definition) is 4. The van der Waals surface area contributed by atoms with Crippen molar-refractivity contribution < 1.29 is 9.21 Å². The van der Waals surface area contributed by atoms with Gasteiger partial charge >= 0.3 is 0 Å². The van der Waals surface area contributed by atoms with Crippen molar-refractivity contribution in [1.82, 2.24) is 20.0 Å². The van der Waals surface area contributed by atoms with Gasteiger partial charge in [-0.05, 0) is 31.6 Å². The first kappa shape index (κ1) is 20.3. The summed E-state index contributed by atoms with van der Waals surface area (Å²) < 4.78 is 5.39. The normalized spacial score (nSPS) is 17.8. The molecule has 0 aliphatic carbocycles. The summed E-state index contributed by atoms with van der Waals surface area (Å²) >= 11 is 0. The van der Waals surface area contributed by atoms with Gasteiger partial charge in [-0.3, -0.25) is 9.69 Å². The van der Waals surface area contributed by atoms with Gasteiger partial charge in [-0.15, -0.1) is 0 Å². The second-order valence-corrected chi connectivity index (χ2v) is 6.79. The fourth-order valence-electron chi connectivity index (χ4n) is 3.28. The third kappa shape index (κ3) is 5.76. The molecule has 26 heavy (non-hydrogen) atoms. The smallest absolute Gasteiger partial charge is 0.243 e. The molecule has 1 N–H and O–H groups in total. The van der Waals surface area contributed by atoms with Crippen LogP contribution in [0.5, 0.6) is 0 Å². The molecule has 2 rings (SSSR count). The number of rotatable bonds is 8. The average Bonchev–Trinajstić information content (AvgIpc) is 3.30. The predicted molar refractivity (Wildman–Crippen MR) is 104 cm³/mol. The van der Waals surface area contributed by atoms with E-state index in [0.717, 1.165) is 57.3 Å². The monoisotopic (exact) mass is 363 g/mol. The molecular weight excluding hydrogens is 330 g/mol. The quantitative estimate of drug-likeness (QED) is 0.557. The van der Waals surface area contributed by atoms with Crippen LogP contribution in [-0.4, -0.2) is 86.0 Å². The molecule has 7 heteroatoms. The second-order valence-electron chi connectivity index (χ2n) is 6.79. The summed E-state index contributed by atoms with van der Waals surface area (Å²) in [6, 6.07) is 4.42. The number of furan rings is 1. The van der Waals surface area contributed by atoms with Gasteiger partial charge < -0.3 is 19.5 Å². The lowest BCUT2D eigenvalue weighted by Gasteiger charge is -2.27. The lowest BCUT2D eigenvalue weighted by Crippen LogP contribution is -2.44. The number of nitrogens with zero attached hydrogens (tertiary/aromatic N) is 4. The van der Waals surface area contributed by atoms with Gasteiger partial charge in [0.25, 0.3) is 0 Å². The highest BCUT2D eigenvalue weighted by molar-refractivity contribution is 5.85. The lowest BCUT2D eigenvalue weighted by molar-refractivity contribution is -0.127. The molecule has 1 aliphatic heterocycles. The number of carbonyl (C=O) groups excluding carboxylic acids is 1. The molecule has 1 aliphatic rings. The summed E-state index contributed by atoms with van der Waals surface area (Å²) in [4.78, 5) is 22.9. The van der Waals surface area contributed by atoms with Gasteiger partial charge in [-0.2, -0.15) is 0 Å². The third-order valence-corrected chi connectivity index (χ3v) is 4.89. The molecule has 0 bridgehead atoms. The number of carbonyl (C=O) groups is 1. The molecule has 1 unspecified atom stereocenters. The van der Waals surface area contributed by atoms with E-state index in [1.54, 1.807) is 25.3 Å². The van der Waals surface area contributed by atoms with Gasteiger partial charge in [0, 0.05) is 46.2 Å². The van der Waals surface area contributed by atoms with Crippen LogP contribution in [-0.2, 0) is 11.2 Å². The molecule has 7 nitrogen and oxygen atoms in total. The molecule has 1 amide bonds. The van der Waals surface area contributed by atoms with E-state index in [4.69, 9.17) is 4.42 Å². The molecule has 0 spiro atoms. The Morgan fingerprint density at radius 2 is 2.15 bits per heavy atom. The number of aliphatic imine (C=N–C) groups is 1. The van der Waals surface area contributed by atoms with E-state index in [0.29, 0.717) is 6.04 Å². The summed E-state index contributed by atoms with van der Waals surface area (Å²) in [7, 11) is 3.52. The first-order valence-electron chi connectivity index (χ1n) is 9.55. The number of amides is 1. The molecule has 2 heterocycles. The fourth-order valence-corrected chi connectivity index (χ4v) is 3.28. The zero-order chi connectivity index (χ0) is 18.9. The van der Waals surface area contributed by atoms with Crippen molar-refractivity contribution in [3.8, 4) is 0 Å². The fraction of sp³-hybridized carbons (Fsp3) is 0.684. The van der Waals surface area contributed by atoms with Crippen molar-refractivity contribution in [2.45, 2.75) is 32.7 Å². The van der Waals surface area contributed by atoms with Gasteiger partial charge in [0.15, 0.2) is 5.96 Å². The summed E-state index contributed by atoms with van der Waals surface area (Å²) in [6.45, 7) is 9.35. The highest BCUT2D eigenvalue weighted by Gasteiger charge is 2.28. The molecule has 1 saturated heterocycles. The molecule has 1 aromatic heterocycles. The van der Waals surface area contributed by atoms with Gasteiger partial charge in [0.05, 0.1) is 6.26 Å². The summed E-state index contributed by atoms with van der Waals surface area (Å²) in [5, 5.41) is 3.42. The Morgan fingerprint density at radius 1 is 1.38 bits per heavy atom. The van der Waals surface area contributed by atoms with Crippen LogP contribution in [0, 0.1) is 0 Å². The minimum Gasteiger partial charge on any atom is -0.469 e. The van der Waals surface area contributed by atoms with Crippen molar-refractivity contribution in [2.75, 3.05) is 53.4 Å². The van der Waals surface area contributed by atoms with E-state index in [2.05, 4.69) is 34.0 Å². The van der Waals surface area contributed by atoms with Crippen LogP contribution in [0.15, 0.2) is 27.8 Å². The zero-order valence-corrected chi connectivity index (χ0v) is 16.6. The van der Waals surface area contributed by atoms with Crippen molar-refractivity contribution in [1.29, 1.82) is 0 Å². The third-order valence-electron chi connectivity index (χ3n) is 4.89. The molecule has 1 atom stereocenters. The largest absolute Gasteiger partial charge is 0.469 e. The van der Waals surface area contributed by atoms with Gasteiger partial charge in [0.2, 0.25) is 5.91 Å². The van der Waals surface area contributed by atoms with Crippen LogP contribution in [0.2, 0.25) is 0 Å². The summed E-state index contributed by atoms with van der Waals surface area (Å²) in [6.07, 6.45) is 3.61. The Kier molecular flexibility index (Phi) is 7.97. The van der Waals surface area contributed by atoms with Crippen LogP contribution in [0.25, 0.3) is 0 Å². The standard InChI is InChI=1S/C19H33N5O2/c1-5-23(6-2)16-10-12-24(15-16)19(21-14-18(25)22(3)4)20-11-9-17-8-7-13-26-17/h7-8,13,16H,5-6,9-12,14-15H2,1-4H3,(H,20,21). The van der Waals surface area contributed by atoms with Crippen molar-refractivity contribution in [3.63, 3.8) is 0 Å². The van der Waals surface area contributed by atoms with E-state index in [9.17, 15) is 4.79 Å². The molecule has 0 saturated carbocycles. The number of likely N-dealkylation sites (N-methyl/N-ethyl adjacent to an activating group) is 2. The maximum absolute atomic E-state index is 11.9. The Morgan fingerprint density at radius 3 is 2.77 bits per heavy atom. The average molecular weight is 364 g/mol. The predicted octanol–water partition coefficient (Wildman–Crippen LogP) is 1.27. The van der Waals surface area contributed by atoms with E-state index in [1.165, 1.54) is 0 Å². The highest BCUT2D eigenvalue weighted by atomic mass is 16.3. The van der Waals surface area contributed by atoms with Gasteiger partial charge in [0.1, 0.15) is 12.3 Å². The summed E-state index contributed by atoms with van der Waals surface area (Å²) in [5.41, 5.74) is 0. The van der Waals surface area contributed by atoms with E-state index in [1.807, 2.05) is 12.1 Å². The molecule has 146 valence electrons. The molecule has 0 aromatic carbocycles. The second kappa shape index (κ2) is 10.2. The van der Waals surface area contributed by atoms with E-state index in [-0.39, 0.29) is 12.5 Å². The maximum Gasteiger partial charge on any atom is 0.243 e. The van der Waals surface area contributed by atoms with Crippen LogP contribution in [0.1, 0.15) is 26.0 Å². The Bertz CT molecular complexity index is 566. The van der Waals surface area contributed by atoms with Crippen LogP contribution < -0.4 is 5.32 Å². The lowest BCUT2D eigenvalue weighted by atomic mass is 10.2. The van der Waals surface area contributed by atoms with Gasteiger partial charge in [-0.1, -0.05) is 13.8 Å². The van der Waals surface area contributed by atoms with Gasteiger partial charge in [-0.25, -0.2) is 4.99 Å². The first-order chi connectivity index (χ1) is 12.5. The SMILES string of the molecule is CCN(CC)C1CCN(C(=NCC(=O)N(C)C)NCCc2ccco2)C1. The topological polar surface area (TPSA) is 64.3 Å². The zero-order valence-electron chi connectivity index (χ0n) is 16.6. The van der Waals surface area contributed by atoms with Crippen LogP contribution in [0.3, 0.4) is 0 Å². The van der Waals surface area contributed by atoms with Crippen LogP contribution >= 0.6 is 0 Å². The number of likely N-dealkylation sites (tertiary alicyclic amines) is 1. The Balaban J connectivity index is 1.97. The number of hydrogen-bond donors (Lipinski definition) is 1. The minimum atomic E-state index is 0.00910. The molecular formula is C19H33N5O2. The Hall–Kier alpha value is -2.02. The minimum absolute atomic E-state index is 0.00910. The highest BCUT2D eigenvalue weighted by Crippen LogP contribution is 2.15. The van der Waals surface area contributed by atoms with Crippen LogP contribution in [0.4, 0.5) is 0 Å². The molecule has 1 fully saturated rings. The first-order valence-corrected chi connectivity index (χ1v) is 9.55. The van der Waals surface area contributed by atoms with Crippen molar-refractivity contribution in [2.24, 2.45) is 4.99 Å². The molecule has 0 radical (unpaired) electrons. The molecule has 1 aromatic rings. The summed E-state index contributed by atoms with van der Waals surface area (Å²) in [5.74, 6) is 1.78. The number of guanidine groups is 1.